The number of aromatic amines is 1. The van der Waals surface area contributed by atoms with Crippen molar-refractivity contribution in [3.05, 3.63) is 16.7 Å². The fraction of sp³-hybridized carbons (Fsp3) is 0.700. The zero-order valence-corrected chi connectivity index (χ0v) is 9.85. The van der Waals surface area contributed by atoms with Crippen molar-refractivity contribution in [3.8, 4) is 0 Å². The summed E-state index contributed by atoms with van der Waals surface area (Å²) < 4.78 is 8.27. The molecule has 2 rings (SSSR count). The molecule has 1 N–H and O–H groups in total. The van der Waals surface area contributed by atoms with E-state index in [1.165, 1.54) is 5.69 Å². The second-order valence-electron chi connectivity index (χ2n) is 3.84. The molecule has 1 fully saturated rings. The molecule has 4 nitrogen and oxygen atoms in total. The fourth-order valence-electron chi connectivity index (χ4n) is 1.83. The van der Waals surface area contributed by atoms with Crippen molar-refractivity contribution < 1.29 is 4.74 Å². The lowest BCUT2D eigenvalue weighted by Gasteiger charge is -2.26. The molecule has 0 amide bonds. The zero-order chi connectivity index (χ0) is 10.7. The normalized spacial score (nSPS) is 18.2. The first-order chi connectivity index (χ1) is 7.27. The van der Waals surface area contributed by atoms with Gasteiger partial charge in [0.05, 0.1) is 13.2 Å². The highest BCUT2D eigenvalue weighted by Crippen LogP contribution is 2.02. The quantitative estimate of drug-likeness (QED) is 0.787. The Kier molecular flexibility index (Phi) is 3.56. The number of rotatable bonds is 3. The number of hydrogen-bond donors (Lipinski definition) is 1. The Morgan fingerprint density at radius 3 is 2.73 bits per heavy atom. The van der Waals surface area contributed by atoms with Gasteiger partial charge in [-0.1, -0.05) is 0 Å². The first kappa shape index (κ1) is 10.9. The number of aryl methyl sites for hydroxylation is 1. The van der Waals surface area contributed by atoms with Crippen molar-refractivity contribution in [3.63, 3.8) is 0 Å². The molecule has 1 aliphatic rings. The second kappa shape index (κ2) is 4.92. The van der Waals surface area contributed by atoms with Crippen LogP contribution in [0.1, 0.15) is 5.69 Å². The third kappa shape index (κ3) is 2.68. The van der Waals surface area contributed by atoms with Crippen LogP contribution in [0.5, 0.6) is 0 Å². The van der Waals surface area contributed by atoms with Gasteiger partial charge >= 0.3 is 0 Å². The van der Waals surface area contributed by atoms with Crippen molar-refractivity contribution in [2.75, 3.05) is 32.8 Å². The van der Waals surface area contributed by atoms with Gasteiger partial charge in [-0.3, -0.25) is 4.90 Å². The molecule has 15 heavy (non-hydrogen) atoms. The maximum absolute atomic E-state index is 5.31. The summed E-state index contributed by atoms with van der Waals surface area (Å²) >= 11 is 5.20. The SMILES string of the molecule is Cc1c[nH]c(=S)n1CCN1CCOCC1. The lowest BCUT2D eigenvalue weighted by molar-refractivity contribution is 0.0363. The minimum atomic E-state index is 0.820. The van der Waals surface area contributed by atoms with Gasteiger partial charge in [0, 0.05) is 38.1 Å². The molecule has 0 bridgehead atoms. The molecule has 84 valence electrons. The molecule has 0 radical (unpaired) electrons. The van der Waals surface area contributed by atoms with Crippen molar-refractivity contribution >= 4 is 12.2 Å². The van der Waals surface area contributed by atoms with Crippen LogP contribution in [0.25, 0.3) is 0 Å². The third-order valence-corrected chi connectivity index (χ3v) is 3.16. The Bertz CT molecular complexity index is 365. The van der Waals surface area contributed by atoms with Crippen LogP contribution in [0, 0.1) is 11.7 Å². The summed E-state index contributed by atoms with van der Waals surface area (Å²) in [7, 11) is 0. The third-order valence-electron chi connectivity index (χ3n) is 2.82. The maximum Gasteiger partial charge on any atom is 0.177 e. The Hall–Kier alpha value is -0.650. The van der Waals surface area contributed by atoms with Crippen LogP contribution in [0.4, 0.5) is 0 Å². The van der Waals surface area contributed by atoms with Gasteiger partial charge in [0.2, 0.25) is 0 Å². The van der Waals surface area contributed by atoms with E-state index in [1.54, 1.807) is 0 Å². The second-order valence-corrected chi connectivity index (χ2v) is 4.23. The zero-order valence-electron chi connectivity index (χ0n) is 9.03. The molecule has 0 unspecified atom stereocenters. The smallest absolute Gasteiger partial charge is 0.177 e. The maximum atomic E-state index is 5.31. The van der Waals surface area contributed by atoms with Crippen molar-refractivity contribution in [1.82, 2.24) is 14.5 Å². The summed E-state index contributed by atoms with van der Waals surface area (Å²) in [4.78, 5) is 5.47. The van der Waals surface area contributed by atoms with Crippen LogP contribution in [-0.2, 0) is 11.3 Å². The van der Waals surface area contributed by atoms with Gasteiger partial charge in [-0.25, -0.2) is 0 Å². The predicted octanol–water partition coefficient (Wildman–Crippen LogP) is 1.19. The van der Waals surface area contributed by atoms with E-state index in [4.69, 9.17) is 17.0 Å². The van der Waals surface area contributed by atoms with E-state index in [0.29, 0.717) is 0 Å². The summed E-state index contributed by atoms with van der Waals surface area (Å²) in [5, 5.41) is 0. The summed E-state index contributed by atoms with van der Waals surface area (Å²) in [6.45, 7) is 7.89. The molecule has 5 heteroatoms. The Morgan fingerprint density at radius 2 is 2.13 bits per heavy atom. The Labute approximate surface area is 94.9 Å². The van der Waals surface area contributed by atoms with E-state index >= 15 is 0 Å². The largest absolute Gasteiger partial charge is 0.379 e. The van der Waals surface area contributed by atoms with Crippen LogP contribution < -0.4 is 0 Å². The molecule has 1 aromatic rings. The number of hydrogen-bond acceptors (Lipinski definition) is 3. The van der Waals surface area contributed by atoms with Crippen molar-refractivity contribution in [2.24, 2.45) is 0 Å². The van der Waals surface area contributed by atoms with Crippen LogP contribution in [0.3, 0.4) is 0 Å². The van der Waals surface area contributed by atoms with E-state index in [0.717, 1.165) is 44.2 Å². The standard InChI is InChI=1S/C10H17N3OS/c1-9-8-11-10(15)13(9)3-2-12-4-6-14-7-5-12/h8H,2-7H2,1H3,(H,11,15). The number of morpholine rings is 1. The van der Waals surface area contributed by atoms with E-state index in [9.17, 15) is 0 Å². The molecule has 0 aromatic carbocycles. The average Bonchev–Trinajstić information content (AvgIpc) is 2.58. The summed E-state index contributed by atoms with van der Waals surface area (Å²) in [6, 6.07) is 0. The van der Waals surface area contributed by atoms with Gasteiger partial charge in [-0.05, 0) is 19.1 Å². The fourth-order valence-corrected chi connectivity index (χ4v) is 2.12. The number of ether oxygens (including phenoxy) is 1. The molecule has 1 saturated heterocycles. The molecule has 1 aliphatic heterocycles. The van der Waals surface area contributed by atoms with E-state index in [-0.39, 0.29) is 0 Å². The molecule has 0 saturated carbocycles. The summed E-state index contributed by atoms with van der Waals surface area (Å²) in [5.41, 5.74) is 1.20. The summed E-state index contributed by atoms with van der Waals surface area (Å²) in [5.74, 6) is 0. The van der Waals surface area contributed by atoms with E-state index in [1.807, 2.05) is 6.20 Å². The highest BCUT2D eigenvalue weighted by Gasteiger charge is 2.10. The lowest BCUT2D eigenvalue weighted by atomic mass is 10.4. The molecule has 2 heterocycles. The first-order valence-corrected chi connectivity index (χ1v) is 5.73. The van der Waals surface area contributed by atoms with Gasteiger partial charge in [-0.2, -0.15) is 0 Å². The van der Waals surface area contributed by atoms with Crippen LogP contribution >= 0.6 is 12.2 Å². The number of H-pyrrole nitrogens is 1. The number of nitrogens with zero attached hydrogens (tertiary/aromatic N) is 2. The average molecular weight is 227 g/mol. The molecule has 0 spiro atoms. The molecule has 0 aliphatic carbocycles. The molecular weight excluding hydrogens is 210 g/mol. The van der Waals surface area contributed by atoms with E-state index in [2.05, 4.69) is 21.4 Å². The van der Waals surface area contributed by atoms with Gasteiger partial charge in [0.1, 0.15) is 0 Å². The molecule has 0 atom stereocenters. The Morgan fingerprint density at radius 1 is 1.40 bits per heavy atom. The van der Waals surface area contributed by atoms with Crippen molar-refractivity contribution in [2.45, 2.75) is 13.5 Å². The minimum absolute atomic E-state index is 0.820. The highest BCUT2D eigenvalue weighted by molar-refractivity contribution is 7.71. The van der Waals surface area contributed by atoms with Crippen molar-refractivity contribution in [1.29, 1.82) is 0 Å². The van der Waals surface area contributed by atoms with Gasteiger partial charge in [0.15, 0.2) is 4.77 Å². The van der Waals surface area contributed by atoms with Gasteiger partial charge < -0.3 is 14.3 Å². The summed E-state index contributed by atoms with van der Waals surface area (Å²) in [6.07, 6.45) is 1.96. The highest BCUT2D eigenvalue weighted by atomic mass is 32.1. The van der Waals surface area contributed by atoms with Gasteiger partial charge in [-0.15, -0.1) is 0 Å². The van der Waals surface area contributed by atoms with Crippen LogP contribution in [0.15, 0.2) is 6.20 Å². The number of nitrogens with one attached hydrogen (secondary N) is 1. The first-order valence-electron chi connectivity index (χ1n) is 5.32. The Balaban J connectivity index is 1.89. The molecule has 1 aromatic heterocycles. The van der Waals surface area contributed by atoms with Crippen LogP contribution in [0.2, 0.25) is 0 Å². The monoisotopic (exact) mass is 227 g/mol. The predicted molar refractivity (Wildman–Crippen MR) is 61.6 cm³/mol. The molecular formula is C10H17N3OS. The lowest BCUT2D eigenvalue weighted by Crippen LogP contribution is -2.38. The topological polar surface area (TPSA) is 33.2 Å². The van der Waals surface area contributed by atoms with E-state index < -0.39 is 0 Å². The minimum Gasteiger partial charge on any atom is -0.379 e. The number of imidazole rings is 1. The van der Waals surface area contributed by atoms with Crippen LogP contribution in [-0.4, -0.2) is 47.3 Å². The van der Waals surface area contributed by atoms with Gasteiger partial charge in [0.25, 0.3) is 0 Å². The number of aromatic nitrogens is 2.